The van der Waals surface area contributed by atoms with E-state index < -0.39 is 29.5 Å². The highest BCUT2D eigenvalue weighted by Crippen LogP contribution is 2.48. The van der Waals surface area contributed by atoms with E-state index in [1.165, 1.54) is 34.5 Å². The standard InChI is InChI=1S/C30H30N2O9S/c1-8-11-41-29(36)27-16(3)31-30(42-27)32-23(17-13-20(38-5)26(40-7)21(14-17)39-6)22(25(34)28(32)35)24(33)19-10-9-18(37-4)12-15(19)2/h8-10,12-14,23,33H,1,11H2,2-7H3. The number of carbonyl (C=O) groups is 3. The molecule has 0 radical (unpaired) electrons. The summed E-state index contributed by atoms with van der Waals surface area (Å²) in [5.41, 5.74) is 1.42. The van der Waals surface area contributed by atoms with Gasteiger partial charge in [0.2, 0.25) is 5.75 Å². The maximum atomic E-state index is 13.7. The Labute approximate surface area is 246 Å². The molecule has 2 aromatic carbocycles. The van der Waals surface area contributed by atoms with Gasteiger partial charge in [-0.1, -0.05) is 24.0 Å². The number of aromatic nitrogens is 1. The van der Waals surface area contributed by atoms with Crippen LogP contribution in [-0.4, -0.2) is 62.8 Å². The van der Waals surface area contributed by atoms with Gasteiger partial charge < -0.3 is 28.8 Å². The highest BCUT2D eigenvalue weighted by atomic mass is 32.1. The number of aryl methyl sites for hydroxylation is 2. The fourth-order valence-corrected chi connectivity index (χ4v) is 5.64. The summed E-state index contributed by atoms with van der Waals surface area (Å²) in [5.74, 6) is -1.54. The fourth-order valence-electron chi connectivity index (χ4n) is 4.65. The van der Waals surface area contributed by atoms with Gasteiger partial charge in [-0.05, 0) is 55.3 Å². The Morgan fingerprint density at radius 3 is 2.26 bits per heavy atom. The molecule has 3 aromatic rings. The molecular weight excluding hydrogens is 564 g/mol. The van der Waals surface area contributed by atoms with Crippen molar-refractivity contribution in [3.8, 4) is 23.0 Å². The van der Waals surface area contributed by atoms with Gasteiger partial charge in [-0.25, -0.2) is 9.78 Å². The Morgan fingerprint density at radius 2 is 1.71 bits per heavy atom. The van der Waals surface area contributed by atoms with E-state index in [-0.39, 0.29) is 33.7 Å². The molecule has 1 aliphatic heterocycles. The number of esters is 1. The molecular formula is C30H30N2O9S. The van der Waals surface area contributed by atoms with Crippen LogP contribution >= 0.6 is 11.3 Å². The molecule has 0 aliphatic carbocycles. The zero-order valence-electron chi connectivity index (χ0n) is 24.0. The molecule has 1 atom stereocenters. The second-order valence-electron chi connectivity index (χ2n) is 9.11. The number of rotatable bonds is 10. The first-order valence-corrected chi connectivity index (χ1v) is 13.4. The summed E-state index contributed by atoms with van der Waals surface area (Å²) in [6.45, 7) is 6.87. The first-order valence-electron chi connectivity index (χ1n) is 12.6. The quantitative estimate of drug-likeness (QED) is 0.115. The van der Waals surface area contributed by atoms with Crippen molar-refractivity contribution in [2.75, 3.05) is 39.9 Å². The van der Waals surface area contributed by atoms with E-state index in [4.69, 9.17) is 23.7 Å². The number of nitrogens with zero attached hydrogens (tertiary/aromatic N) is 2. The number of benzene rings is 2. The van der Waals surface area contributed by atoms with Crippen molar-refractivity contribution in [2.24, 2.45) is 0 Å². The maximum absolute atomic E-state index is 13.7. The lowest BCUT2D eigenvalue weighted by atomic mass is 9.93. The number of methoxy groups -OCH3 is 4. The summed E-state index contributed by atoms with van der Waals surface area (Å²) in [6, 6.07) is 6.92. The normalized spacial score (nSPS) is 15.9. The van der Waals surface area contributed by atoms with Crippen LogP contribution in [0.2, 0.25) is 0 Å². The number of hydrogen-bond donors (Lipinski definition) is 1. The van der Waals surface area contributed by atoms with Gasteiger partial charge in [0.25, 0.3) is 5.78 Å². The molecule has 1 unspecified atom stereocenters. The Balaban J connectivity index is 1.99. The van der Waals surface area contributed by atoms with E-state index in [0.717, 1.165) is 16.2 Å². The monoisotopic (exact) mass is 594 g/mol. The van der Waals surface area contributed by atoms with E-state index in [2.05, 4.69) is 11.6 Å². The Kier molecular flexibility index (Phi) is 8.86. The number of aliphatic hydroxyl groups is 1. The van der Waals surface area contributed by atoms with Crippen LogP contribution in [0.3, 0.4) is 0 Å². The van der Waals surface area contributed by atoms with E-state index in [1.807, 2.05) is 0 Å². The molecule has 11 nitrogen and oxygen atoms in total. The van der Waals surface area contributed by atoms with Gasteiger partial charge >= 0.3 is 11.9 Å². The van der Waals surface area contributed by atoms with Crippen LogP contribution in [0.15, 0.2) is 48.6 Å². The van der Waals surface area contributed by atoms with Gasteiger partial charge in [0, 0.05) is 5.56 Å². The minimum atomic E-state index is -1.18. The van der Waals surface area contributed by atoms with Crippen molar-refractivity contribution >= 4 is 39.9 Å². The Hall–Kier alpha value is -4.84. The van der Waals surface area contributed by atoms with Crippen molar-refractivity contribution < 1.29 is 43.2 Å². The largest absolute Gasteiger partial charge is 0.507 e. The molecule has 1 fully saturated rings. The highest BCUT2D eigenvalue weighted by Gasteiger charge is 2.49. The second-order valence-corrected chi connectivity index (χ2v) is 10.1. The van der Waals surface area contributed by atoms with Crippen LogP contribution in [0.5, 0.6) is 23.0 Å². The number of anilines is 1. The molecule has 1 saturated heterocycles. The minimum absolute atomic E-state index is 0.0112. The number of carbonyl (C=O) groups excluding carboxylic acids is 3. The lowest BCUT2D eigenvalue weighted by molar-refractivity contribution is -0.132. The number of amides is 1. The van der Waals surface area contributed by atoms with Crippen molar-refractivity contribution in [2.45, 2.75) is 19.9 Å². The lowest BCUT2D eigenvalue weighted by Gasteiger charge is -2.24. The van der Waals surface area contributed by atoms with Gasteiger partial charge in [-0.2, -0.15) is 0 Å². The number of aliphatic hydroxyl groups excluding tert-OH is 1. The van der Waals surface area contributed by atoms with Crippen LogP contribution < -0.4 is 23.8 Å². The molecule has 1 aromatic heterocycles. The zero-order valence-corrected chi connectivity index (χ0v) is 24.8. The first kappa shape index (κ1) is 30.1. The van der Waals surface area contributed by atoms with Crippen LogP contribution in [0.25, 0.3) is 5.76 Å². The highest BCUT2D eigenvalue weighted by molar-refractivity contribution is 7.17. The van der Waals surface area contributed by atoms with E-state index in [0.29, 0.717) is 33.9 Å². The topological polar surface area (TPSA) is 134 Å². The third-order valence-electron chi connectivity index (χ3n) is 6.64. The molecule has 0 saturated carbocycles. The predicted molar refractivity (Wildman–Crippen MR) is 156 cm³/mol. The zero-order chi connectivity index (χ0) is 30.7. The predicted octanol–water partition coefficient (Wildman–Crippen LogP) is 4.76. The average molecular weight is 595 g/mol. The molecule has 4 rings (SSSR count). The third-order valence-corrected chi connectivity index (χ3v) is 7.78. The van der Waals surface area contributed by atoms with E-state index in [9.17, 15) is 19.5 Å². The number of ketones is 1. The second kappa shape index (κ2) is 12.4. The minimum Gasteiger partial charge on any atom is -0.507 e. The van der Waals surface area contributed by atoms with Gasteiger partial charge in [0.15, 0.2) is 16.6 Å². The van der Waals surface area contributed by atoms with Crippen LogP contribution in [0.1, 0.15) is 38.1 Å². The first-order chi connectivity index (χ1) is 20.1. The van der Waals surface area contributed by atoms with Crippen LogP contribution in [0.4, 0.5) is 5.13 Å². The summed E-state index contributed by atoms with van der Waals surface area (Å²) >= 11 is 0.890. The van der Waals surface area contributed by atoms with Crippen molar-refractivity contribution in [3.63, 3.8) is 0 Å². The molecule has 220 valence electrons. The number of ether oxygens (including phenoxy) is 5. The SMILES string of the molecule is C=CCOC(=O)c1sc(N2C(=O)C(=O)C(=C(O)c3ccc(OC)cc3C)C2c2cc(OC)c(OC)c(OC)c2)nc1C. The smallest absolute Gasteiger partial charge is 0.350 e. The summed E-state index contributed by atoms with van der Waals surface area (Å²) in [4.78, 5) is 45.8. The number of hydrogen-bond acceptors (Lipinski definition) is 11. The van der Waals surface area contributed by atoms with Gasteiger partial charge in [-0.3, -0.25) is 14.5 Å². The summed E-state index contributed by atoms with van der Waals surface area (Å²) in [7, 11) is 5.83. The number of Topliss-reactive ketones (excluding diaryl/α,β-unsaturated/α-hetero) is 1. The van der Waals surface area contributed by atoms with E-state index in [1.54, 1.807) is 44.2 Å². The Bertz CT molecular complexity index is 1580. The summed E-state index contributed by atoms with van der Waals surface area (Å²) in [5, 5.41) is 11.7. The van der Waals surface area contributed by atoms with Crippen molar-refractivity contribution in [1.82, 2.24) is 4.98 Å². The molecule has 1 amide bonds. The molecule has 2 heterocycles. The van der Waals surface area contributed by atoms with Gasteiger partial charge in [0.05, 0.1) is 45.7 Å². The lowest BCUT2D eigenvalue weighted by Crippen LogP contribution is -2.29. The van der Waals surface area contributed by atoms with Gasteiger partial charge in [-0.15, -0.1) is 0 Å². The summed E-state index contributed by atoms with van der Waals surface area (Å²) in [6.07, 6.45) is 1.43. The van der Waals surface area contributed by atoms with E-state index >= 15 is 0 Å². The summed E-state index contributed by atoms with van der Waals surface area (Å²) < 4.78 is 26.9. The Morgan fingerprint density at radius 1 is 1.05 bits per heavy atom. The molecule has 0 bridgehead atoms. The molecule has 42 heavy (non-hydrogen) atoms. The molecule has 0 spiro atoms. The van der Waals surface area contributed by atoms with Crippen molar-refractivity contribution in [1.29, 1.82) is 0 Å². The van der Waals surface area contributed by atoms with Crippen LogP contribution in [-0.2, 0) is 14.3 Å². The molecule has 1 N–H and O–H groups in total. The third kappa shape index (κ3) is 5.28. The average Bonchev–Trinajstić information content (AvgIpc) is 3.50. The molecule has 1 aliphatic rings. The maximum Gasteiger partial charge on any atom is 0.350 e. The van der Waals surface area contributed by atoms with Crippen molar-refractivity contribution in [3.05, 3.63) is 75.8 Å². The fraction of sp³-hybridized carbons (Fsp3) is 0.267. The van der Waals surface area contributed by atoms with Gasteiger partial charge in [0.1, 0.15) is 23.0 Å². The van der Waals surface area contributed by atoms with Crippen LogP contribution in [0, 0.1) is 13.8 Å². The number of thiazole rings is 1. The molecule has 12 heteroatoms.